The van der Waals surface area contributed by atoms with E-state index in [1.54, 1.807) is 17.5 Å². The van der Waals surface area contributed by atoms with Crippen LogP contribution in [0.1, 0.15) is 46.7 Å². The van der Waals surface area contributed by atoms with Crippen molar-refractivity contribution in [2.24, 2.45) is 17.4 Å². The van der Waals surface area contributed by atoms with Gasteiger partial charge in [-0.25, -0.2) is 8.78 Å². The zero-order chi connectivity index (χ0) is 30.9. The Hall–Kier alpha value is -4.21. The molecule has 0 amide bonds. The lowest BCUT2D eigenvalue weighted by Gasteiger charge is -2.16. The Bertz CT molecular complexity index is 2040. The maximum Gasteiger partial charge on any atom is 0.261 e. The monoisotopic (exact) mass is 622 g/mol. The minimum atomic E-state index is -2.60. The highest BCUT2D eigenvalue weighted by Crippen LogP contribution is 2.46. The number of nitrogens with one attached hydrogen (secondary N) is 2. The number of thiophene rings is 1. The summed E-state index contributed by atoms with van der Waals surface area (Å²) in [5.41, 5.74) is 24.5. The van der Waals surface area contributed by atoms with E-state index in [-0.39, 0.29) is 13.0 Å². The fourth-order valence-corrected chi connectivity index (χ4v) is 7.69. The van der Waals surface area contributed by atoms with Crippen molar-refractivity contribution in [3.63, 3.8) is 0 Å². The van der Waals surface area contributed by atoms with E-state index in [0.717, 1.165) is 74.9 Å². The summed E-state index contributed by atoms with van der Waals surface area (Å²) in [5.74, 6) is -2.19. The summed E-state index contributed by atoms with van der Waals surface area (Å²) in [4.78, 5) is 7.98. The van der Waals surface area contributed by atoms with Crippen LogP contribution in [-0.2, 0) is 6.42 Å². The van der Waals surface area contributed by atoms with Gasteiger partial charge in [-0.2, -0.15) is 5.10 Å². The van der Waals surface area contributed by atoms with Gasteiger partial charge in [-0.1, -0.05) is 35.5 Å². The molecule has 1 saturated heterocycles. The molecule has 0 spiro atoms. The van der Waals surface area contributed by atoms with Crippen molar-refractivity contribution in [2.75, 3.05) is 19.6 Å². The predicted octanol–water partition coefficient (Wildman–Crippen LogP) is 5.33. The number of rotatable bonds is 6. The number of hydrogen-bond donors (Lipinski definition) is 4. The van der Waals surface area contributed by atoms with E-state index in [4.69, 9.17) is 16.6 Å². The van der Waals surface area contributed by atoms with Gasteiger partial charge in [0.25, 0.3) is 5.92 Å². The Morgan fingerprint density at radius 3 is 2.82 bits per heavy atom. The second-order valence-electron chi connectivity index (χ2n) is 12.9. The summed E-state index contributed by atoms with van der Waals surface area (Å²) in [6.45, 7) is 2.91. The van der Waals surface area contributed by atoms with E-state index in [2.05, 4.69) is 65.6 Å². The first-order valence-electron chi connectivity index (χ1n) is 15.6. The molecule has 6 N–H and O–H groups in total. The number of aromatic nitrogens is 3. The van der Waals surface area contributed by atoms with Gasteiger partial charge in [-0.15, -0.1) is 11.3 Å². The molecule has 1 unspecified atom stereocenters. The van der Waals surface area contributed by atoms with Crippen LogP contribution in [-0.4, -0.2) is 45.6 Å². The fourth-order valence-electron chi connectivity index (χ4n) is 6.78. The molecule has 3 fully saturated rings. The van der Waals surface area contributed by atoms with Crippen LogP contribution in [0.3, 0.4) is 0 Å². The van der Waals surface area contributed by atoms with Crippen LogP contribution < -0.4 is 22.0 Å². The zero-order valence-corrected chi connectivity index (χ0v) is 26.0. The molecule has 0 bridgehead atoms. The molecule has 3 aromatic rings. The van der Waals surface area contributed by atoms with E-state index in [0.29, 0.717) is 25.4 Å². The number of allylic oxidation sites excluding steroid dienone is 9. The highest BCUT2D eigenvalue weighted by Gasteiger charge is 2.39. The Kier molecular flexibility index (Phi) is 6.73. The lowest BCUT2D eigenvalue weighted by Crippen LogP contribution is -2.27. The first-order chi connectivity index (χ1) is 21.7. The predicted molar refractivity (Wildman–Crippen MR) is 177 cm³/mol. The Morgan fingerprint density at radius 2 is 2.09 bits per heavy atom. The van der Waals surface area contributed by atoms with Crippen molar-refractivity contribution < 1.29 is 8.78 Å². The van der Waals surface area contributed by atoms with Gasteiger partial charge in [0, 0.05) is 75.5 Å². The highest BCUT2D eigenvalue weighted by atomic mass is 32.1. The van der Waals surface area contributed by atoms with E-state index < -0.39 is 5.92 Å². The number of aromatic amines is 2. The Labute approximate surface area is 264 Å². The normalized spacial score (nSPS) is 23.0. The van der Waals surface area contributed by atoms with E-state index >= 15 is 0 Å². The summed E-state index contributed by atoms with van der Waals surface area (Å²) in [5, 5.41) is 9.59. The molecule has 1 aliphatic heterocycles. The molecule has 0 radical (unpaired) electrons. The first kappa shape index (κ1) is 28.3. The third-order valence-electron chi connectivity index (χ3n) is 9.30. The number of aryl methyl sites for hydroxylation is 1. The van der Waals surface area contributed by atoms with Crippen LogP contribution in [0.15, 0.2) is 82.1 Å². The largest absolute Gasteiger partial charge is 0.403 e. The van der Waals surface area contributed by atoms with Gasteiger partial charge < -0.3 is 16.5 Å². The molecule has 1 atom stereocenters. The van der Waals surface area contributed by atoms with Crippen molar-refractivity contribution in [2.45, 2.75) is 45.0 Å². The second kappa shape index (κ2) is 10.7. The minimum Gasteiger partial charge on any atom is -0.403 e. The number of alkyl halides is 2. The van der Waals surface area contributed by atoms with Crippen LogP contribution in [0, 0.1) is 12.8 Å². The first-order valence-corrected chi connectivity index (χ1v) is 16.4. The van der Waals surface area contributed by atoms with Crippen LogP contribution in [0.2, 0.25) is 0 Å². The lowest BCUT2D eigenvalue weighted by molar-refractivity contribution is 0.0131. The van der Waals surface area contributed by atoms with Crippen molar-refractivity contribution >= 4 is 29.2 Å². The number of nitrogens with zero attached hydrogens (tertiary/aromatic N) is 2. The van der Waals surface area contributed by atoms with Gasteiger partial charge in [0.05, 0.1) is 17.6 Å². The quantitative estimate of drug-likeness (QED) is 0.299. The maximum atomic E-state index is 14.0. The van der Waals surface area contributed by atoms with E-state index in [9.17, 15) is 8.78 Å². The highest BCUT2D eigenvalue weighted by molar-refractivity contribution is 7.13. The van der Waals surface area contributed by atoms with Crippen molar-refractivity contribution in [3.05, 3.63) is 114 Å². The van der Waals surface area contributed by atoms with Crippen molar-refractivity contribution in [1.29, 1.82) is 0 Å². The number of likely N-dealkylation sites (tertiary alicyclic amines) is 1. The molecule has 6 nitrogen and oxygen atoms in total. The molecule has 45 heavy (non-hydrogen) atoms. The summed E-state index contributed by atoms with van der Waals surface area (Å²) < 4.78 is 28.0. The molecule has 4 aliphatic carbocycles. The summed E-state index contributed by atoms with van der Waals surface area (Å²) >= 11 is 1.77. The third kappa shape index (κ3) is 5.59. The van der Waals surface area contributed by atoms with Crippen LogP contribution in [0.5, 0.6) is 0 Å². The van der Waals surface area contributed by atoms with Crippen molar-refractivity contribution in [3.8, 4) is 11.4 Å². The molecule has 4 heterocycles. The van der Waals surface area contributed by atoms with Crippen LogP contribution in [0.4, 0.5) is 8.78 Å². The summed E-state index contributed by atoms with van der Waals surface area (Å²) in [7, 11) is 0. The SMILES string of the molecule is Cc1ccc(C2=CC=C(N)Cc3[nH]c(-c4n[nH]c(=C/N)/c4=C\C(C4=CC5CC5=CC(CN5CCC(F)(F)C5)=C4)=C4CC4)cc32)s1. The van der Waals surface area contributed by atoms with Gasteiger partial charge in [0.1, 0.15) is 5.69 Å². The molecule has 2 saturated carbocycles. The molecule has 8 rings (SSSR count). The Morgan fingerprint density at radius 1 is 1.22 bits per heavy atom. The van der Waals surface area contributed by atoms with Crippen molar-refractivity contribution in [1.82, 2.24) is 20.1 Å². The minimum absolute atomic E-state index is 0.0673. The number of H-pyrrole nitrogens is 2. The van der Waals surface area contributed by atoms with E-state index in [1.807, 2.05) is 11.0 Å². The average Bonchev–Trinajstić information content (AvgIpc) is 3.80. The van der Waals surface area contributed by atoms with Gasteiger partial charge in [0.15, 0.2) is 0 Å². The lowest BCUT2D eigenvalue weighted by atomic mass is 9.99. The topological polar surface area (TPSA) is 99.8 Å². The smallest absolute Gasteiger partial charge is 0.261 e. The summed E-state index contributed by atoms with van der Waals surface area (Å²) in [6.07, 6.45) is 18.4. The number of hydrogen-bond acceptors (Lipinski definition) is 5. The van der Waals surface area contributed by atoms with Gasteiger partial charge >= 0.3 is 0 Å². The van der Waals surface area contributed by atoms with Gasteiger partial charge in [-0.3, -0.25) is 10.00 Å². The standard InChI is InChI=1S/C36H36F2N6S/c1-20-2-7-34(45-20)27-6-5-26(40)14-31-29(27)16-32(41-31)35-30(33(17-39)42-43-35)15-28(22-3-4-22)25-11-21(10-23-12-24(23)13-25)18-44-9-8-36(37,38)19-44/h2,5-7,10-11,13,15-17,24,41-42H,3-4,8-9,12,14,18-19,39-40H2,1H3/b30-15+,33-17+. The van der Waals surface area contributed by atoms with Gasteiger partial charge in [-0.05, 0) is 73.3 Å². The average molecular weight is 623 g/mol. The summed E-state index contributed by atoms with van der Waals surface area (Å²) in [6, 6.07) is 6.49. The number of halogens is 2. The van der Waals surface area contributed by atoms with E-state index in [1.165, 1.54) is 26.5 Å². The molecular weight excluding hydrogens is 587 g/mol. The molecular formula is C36H36F2N6S. The molecule has 230 valence electrons. The number of nitrogens with two attached hydrogens (primary N) is 2. The Balaban J connectivity index is 1.20. The van der Waals surface area contributed by atoms with Crippen LogP contribution in [0.25, 0.3) is 29.2 Å². The fraction of sp³-hybridized carbons (Fsp3) is 0.306. The van der Waals surface area contributed by atoms with Gasteiger partial charge in [0.2, 0.25) is 0 Å². The maximum absolute atomic E-state index is 14.0. The molecule has 5 aliphatic rings. The molecule has 9 heteroatoms. The molecule has 3 aromatic heterocycles. The molecule has 0 aromatic carbocycles. The number of fused-ring (bicyclic) bond motifs is 2. The zero-order valence-electron chi connectivity index (χ0n) is 25.2. The second-order valence-corrected chi connectivity index (χ2v) is 14.2. The third-order valence-corrected chi connectivity index (χ3v) is 10.3. The van der Waals surface area contributed by atoms with Crippen LogP contribution >= 0.6 is 11.3 Å².